The molecule has 7 aromatic rings. The maximum atomic E-state index is 17.0. The lowest BCUT2D eigenvalue weighted by Crippen LogP contribution is -2.59. The Balaban J connectivity index is 1.16. The van der Waals surface area contributed by atoms with E-state index >= 15 is 19.2 Å². The molecule has 0 aliphatic carbocycles. The van der Waals surface area contributed by atoms with Gasteiger partial charge in [0, 0.05) is 49.7 Å². The molecular formula is C61H55N7O8. The van der Waals surface area contributed by atoms with Crippen molar-refractivity contribution in [3.05, 3.63) is 215 Å². The number of benzene rings is 6. The molecule has 1 aromatic heterocycles. The predicted octanol–water partition coefficient (Wildman–Crippen LogP) is 7.74. The summed E-state index contributed by atoms with van der Waals surface area (Å²) < 4.78 is 18.0. The van der Waals surface area contributed by atoms with Crippen LogP contribution in [0.1, 0.15) is 70.1 Å². The van der Waals surface area contributed by atoms with E-state index in [1.807, 2.05) is 150 Å². The summed E-state index contributed by atoms with van der Waals surface area (Å²) in [6.07, 6.45) is 2.43. The zero-order chi connectivity index (χ0) is 52.3. The summed E-state index contributed by atoms with van der Waals surface area (Å²) in [6.45, 7) is 2.85. The Kier molecular flexibility index (Phi) is 13.8. The minimum Gasteiger partial charge on any atom is -0.497 e. The Bertz CT molecular complexity index is 3300. The van der Waals surface area contributed by atoms with Crippen LogP contribution in [0.25, 0.3) is 0 Å². The molecule has 0 saturated carbocycles. The SMILES string of the molecule is COc1ccc(C#Cc2ccc3c(c2)[C@]2(C(=O)N3C(=O)N[C@H](C)c3ccccc3)[C@H](C(=O)N3CCN(c4ncccn4)CC3)[C@H]3C(=O)O[C@H](c4ccccc4)[C@H](c4ccccc4)N3[C@@H]2c2ccc(OCCO)cc2)cc1. The van der Waals surface area contributed by atoms with Crippen molar-refractivity contribution in [3.63, 3.8) is 0 Å². The molecule has 4 aliphatic rings. The molecule has 4 aliphatic heterocycles. The van der Waals surface area contributed by atoms with Crippen LogP contribution in [0.15, 0.2) is 176 Å². The van der Waals surface area contributed by atoms with E-state index in [0.717, 1.165) is 16.0 Å². The second-order valence-electron chi connectivity index (χ2n) is 19.2. The summed E-state index contributed by atoms with van der Waals surface area (Å²) in [5.41, 5.74) is 2.67. The fraction of sp³-hybridized carbons (Fsp3) is 0.246. The molecule has 7 atom stereocenters. The van der Waals surface area contributed by atoms with E-state index < -0.39 is 65.4 Å². The number of aliphatic hydroxyl groups excluding tert-OH is 1. The van der Waals surface area contributed by atoms with Crippen LogP contribution in [0.5, 0.6) is 11.5 Å². The first-order valence-corrected chi connectivity index (χ1v) is 25.4. The first kappa shape index (κ1) is 49.4. The Hall–Kier alpha value is -8.84. The molecule has 0 unspecified atom stereocenters. The number of fused-ring (bicyclic) bond motifs is 3. The van der Waals surface area contributed by atoms with Gasteiger partial charge in [0.1, 0.15) is 35.7 Å². The highest BCUT2D eigenvalue weighted by atomic mass is 16.6. The van der Waals surface area contributed by atoms with Crippen LogP contribution < -0.4 is 24.6 Å². The fourth-order valence-electron chi connectivity index (χ4n) is 11.5. The molecule has 3 fully saturated rings. The third kappa shape index (κ3) is 8.95. The van der Waals surface area contributed by atoms with Crippen LogP contribution in [0.2, 0.25) is 0 Å². The fourth-order valence-corrected chi connectivity index (χ4v) is 11.5. The van der Waals surface area contributed by atoms with Crippen LogP contribution in [0, 0.1) is 17.8 Å². The number of carbonyl (C=O) groups excluding carboxylic acids is 4. The highest BCUT2D eigenvalue weighted by molar-refractivity contribution is 6.24. The third-order valence-electron chi connectivity index (χ3n) is 15.0. The van der Waals surface area contributed by atoms with E-state index in [2.05, 4.69) is 27.1 Å². The van der Waals surface area contributed by atoms with Gasteiger partial charge in [-0.2, -0.15) is 0 Å². The van der Waals surface area contributed by atoms with Crippen molar-refractivity contribution in [2.45, 2.75) is 42.6 Å². The number of methoxy groups -OCH3 is 1. The Morgan fingerprint density at radius 2 is 1.36 bits per heavy atom. The van der Waals surface area contributed by atoms with E-state index in [-0.39, 0.29) is 32.0 Å². The number of morpholine rings is 1. The number of rotatable bonds is 11. The van der Waals surface area contributed by atoms with Crippen molar-refractivity contribution in [3.8, 4) is 23.3 Å². The second-order valence-corrected chi connectivity index (χ2v) is 19.2. The van der Waals surface area contributed by atoms with E-state index in [9.17, 15) is 5.11 Å². The zero-order valence-corrected chi connectivity index (χ0v) is 41.9. The van der Waals surface area contributed by atoms with Crippen molar-refractivity contribution in [1.82, 2.24) is 25.1 Å². The second kappa shape index (κ2) is 21.2. The summed E-state index contributed by atoms with van der Waals surface area (Å²) in [7, 11) is 1.60. The quantitative estimate of drug-likeness (QED) is 0.0958. The van der Waals surface area contributed by atoms with Gasteiger partial charge < -0.3 is 34.4 Å². The van der Waals surface area contributed by atoms with E-state index in [1.54, 1.807) is 54.7 Å². The summed E-state index contributed by atoms with van der Waals surface area (Å²) in [5.74, 6) is 4.92. The number of aromatic nitrogens is 2. The summed E-state index contributed by atoms with van der Waals surface area (Å²) in [6, 6.07) is 45.6. The number of carbonyl (C=O) groups is 4. The molecule has 15 heteroatoms. The van der Waals surface area contributed by atoms with Crippen LogP contribution in [-0.2, 0) is 24.5 Å². The topological polar surface area (TPSA) is 167 Å². The molecule has 0 bridgehead atoms. The van der Waals surface area contributed by atoms with Crippen molar-refractivity contribution < 1.29 is 38.5 Å². The maximum Gasteiger partial charge on any atom is 0.329 e. The Morgan fingerprint density at radius 1 is 0.737 bits per heavy atom. The van der Waals surface area contributed by atoms with Gasteiger partial charge in [-0.1, -0.05) is 115 Å². The lowest BCUT2D eigenvalue weighted by atomic mass is 9.64. The van der Waals surface area contributed by atoms with Gasteiger partial charge in [0.25, 0.3) is 0 Å². The number of esters is 1. The number of imide groups is 1. The molecule has 382 valence electrons. The van der Waals surface area contributed by atoms with Gasteiger partial charge >= 0.3 is 12.0 Å². The number of hydrogen-bond donors (Lipinski definition) is 2. The van der Waals surface area contributed by atoms with E-state index in [4.69, 9.17) is 14.2 Å². The van der Waals surface area contributed by atoms with Crippen LogP contribution in [0.3, 0.4) is 0 Å². The number of cyclic esters (lactones) is 1. The number of urea groups is 1. The van der Waals surface area contributed by atoms with E-state index in [1.165, 1.54) is 0 Å². The highest BCUT2D eigenvalue weighted by Crippen LogP contribution is 2.66. The van der Waals surface area contributed by atoms with Crippen molar-refractivity contribution in [1.29, 1.82) is 0 Å². The van der Waals surface area contributed by atoms with Gasteiger partial charge in [0.2, 0.25) is 17.8 Å². The number of aliphatic hydroxyl groups is 1. The average Bonchev–Trinajstić information content (AvgIpc) is 3.86. The first-order chi connectivity index (χ1) is 37.2. The average molecular weight is 1010 g/mol. The molecule has 5 heterocycles. The molecule has 6 aromatic carbocycles. The number of amides is 4. The zero-order valence-electron chi connectivity index (χ0n) is 41.9. The smallest absolute Gasteiger partial charge is 0.329 e. The number of piperazine rings is 1. The number of anilines is 2. The third-order valence-corrected chi connectivity index (χ3v) is 15.0. The Labute approximate surface area is 440 Å². The van der Waals surface area contributed by atoms with Gasteiger partial charge in [-0.15, -0.1) is 0 Å². The van der Waals surface area contributed by atoms with Gasteiger partial charge in [0.15, 0.2) is 0 Å². The number of ether oxygens (including phenoxy) is 3. The van der Waals surface area contributed by atoms with E-state index in [0.29, 0.717) is 58.4 Å². The molecular weight excluding hydrogens is 959 g/mol. The normalized spacial score (nSPS) is 22.2. The first-order valence-electron chi connectivity index (χ1n) is 25.4. The van der Waals surface area contributed by atoms with Gasteiger partial charge in [-0.25, -0.2) is 19.7 Å². The summed E-state index contributed by atoms with van der Waals surface area (Å²) in [5, 5.41) is 12.8. The molecule has 4 amide bonds. The van der Waals surface area contributed by atoms with Crippen molar-refractivity contribution in [2.75, 3.05) is 56.3 Å². The van der Waals surface area contributed by atoms with Crippen LogP contribution in [0.4, 0.5) is 16.4 Å². The Morgan fingerprint density at radius 3 is 2.01 bits per heavy atom. The molecule has 76 heavy (non-hydrogen) atoms. The maximum absolute atomic E-state index is 17.0. The van der Waals surface area contributed by atoms with Crippen LogP contribution in [-0.4, -0.2) is 101 Å². The minimum atomic E-state index is -2.01. The molecule has 2 N–H and O–H groups in total. The number of nitrogens with one attached hydrogen (secondary N) is 1. The van der Waals surface area contributed by atoms with Gasteiger partial charge in [-0.3, -0.25) is 19.3 Å². The summed E-state index contributed by atoms with van der Waals surface area (Å²) in [4.78, 5) is 80.3. The van der Waals surface area contributed by atoms with Crippen molar-refractivity contribution >= 4 is 35.5 Å². The van der Waals surface area contributed by atoms with Gasteiger partial charge in [-0.05, 0) is 95.4 Å². The monoisotopic (exact) mass is 1010 g/mol. The number of nitrogens with zero attached hydrogens (tertiary/aromatic N) is 6. The van der Waals surface area contributed by atoms with Crippen molar-refractivity contribution in [2.24, 2.45) is 5.92 Å². The largest absolute Gasteiger partial charge is 0.497 e. The minimum absolute atomic E-state index is 0.0412. The lowest BCUT2D eigenvalue weighted by molar-refractivity contribution is -0.179. The standard InChI is InChI=1S/C61H55N7O8/c1-40(43-13-6-3-7-14-43)64-60(73)67-50-30-23-42(20-19-41-21-26-47(74-2)27-22-41)39-49(50)61(58(67)72)51(56(70)65-33-35-66(36-34-65)59-62-31-12-32-63-59)53-57(71)76-54(45-17-10-5-11-18-45)52(44-15-8-4-9-16-44)68(53)55(61)46-24-28-48(29-25-46)75-38-37-69/h3-18,21-32,39-40,51-55,69H,33-38H2,1-2H3,(H,64,73)/t40-,51+,52+,53+,54-,55-,61+/m1/s1. The molecule has 3 saturated heterocycles. The number of hydrogen-bond acceptors (Lipinski definition) is 12. The molecule has 0 radical (unpaired) electrons. The van der Waals surface area contributed by atoms with Gasteiger partial charge in [0.05, 0.1) is 43.4 Å². The lowest BCUT2D eigenvalue weighted by Gasteiger charge is -2.46. The highest BCUT2D eigenvalue weighted by Gasteiger charge is 2.76. The molecule has 11 rings (SSSR count). The summed E-state index contributed by atoms with van der Waals surface area (Å²) >= 11 is 0. The molecule has 15 nitrogen and oxygen atoms in total. The molecule has 1 spiro atoms. The predicted molar refractivity (Wildman–Crippen MR) is 284 cm³/mol. The van der Waals surface area contributed by atoms with Crippen LogP contribution >= 0.6 is 0 Å².